The highest BCUT2D eigenvalue weighted by Crippen LogP contribution is 2.19. The highest BCUT2D eigenvalue weighted by molar-refractivity contribution is 7.98. The summed E-state index contributed by atoms with van der Waals surface area (Å²) in [6, 6.07) is 13.7. The van der Waals surface area contributed by atoms with Crippen molar-refractivity contribution in [1.82, 2.24) is 14.3 Å². The van der Waals surface area contributed by atoms with Gasteiger partial charge in [0, 0.05) is 6.54 Å². The normalized spacial score (nSPS) is 12.7. The minimum atomic E-state index is -3.85. The molecule has 31 heavy (non-hydrogen) atoms. The number of aryl methyl sites for hydroxylation is 1. The maximum absolute atomic E-state index is 12.8. The molecular weight excluding hydrogens is 434 g/mol. The van der Waals surface area contributed by atoms with Crippen LogP contribution in [-0.4, -0.2) is 48.6 Å². The molecule has 0 radical (unpaired) electrons. The van der Waals surface area contributed by atoms with Crippen LogP contribution in [0.3, 0.4) is 0 Å². The molecule has 9 heteroatoms. The number of nitrogens with one attached hydrogen (secondary N) is 1. The Hall–Kier alpha value is -2.36. The van der Waals surface area contributed by atoms with Crippen molar-refractivity contribution in [3.05, 3.63) is 59.9 Å². The van der Waals surface area contributed by atoms with E-state index in [4.69, 9.17) is 4.74 Å². The third kappa shape index (κ3) is 5.66. The molecule has 1 N–H and O–H groups in total. The summed E-state index contributed by atoms with van der Waals surface area (Å²) in [6.45, 7) is 4.43. The van der Waals surface area contributed by atoms with E-state index < -0.39 is 22.0 Å². The van der Waals surface area contributed by atoms with Crippen molar-refractivity contribution in [2.75, 3.05) is 18.6 Å². The van der Waals surface area contributed by atoms with Gasteiger partial charge in [0.1, 0.15) is 11.9 Å². The standard InChI is InChI=1S/C22H27N3O4S2/c1-4-29-22(26)20(13-14-30-3)24-31(27,28)18-11-9-17(10-12-18)15-25-16(2)23-19-7-5-6-8-21(19)25/h5-12,20,24H,4,13-15H2,1-3H3/t20-/m0/s1. The van der Waals surface area contributed by atoms with Crippen molar-refractivity contribution in [3.8, 4) is 0 Å². The minimum Gasteiger partial charge on any atom is -0.465 e. The van der Waals surface area contributed by atoms with E-state index in [1.54, 1.807) is 43.0 Å². The summed E-state index contributed by atoms with van der Waals surface area (Å²) in [5.74, 6) is 0.980. The number of sulfonamides is 1. The summed E-state index contributed by atoms with van der Waals surface area (Å²) in [6.07, 6.45) is 2.27. The Morgan fingerprint density at radius 1 is 1.19 bits per heavy atom. The van der Waals surface area contributed by atoms with Crippen molar-refractivity contribution in [1.29, 1.82) is 0 Å². The molecule has 166 valence electrons. The average Bonchev–Trinajstić information content (AvgIpc) is 3.07. The van der Waals surface area contributed by atoms with E-state index in [2.05, 4.69) is 14.3 Å². The summed E-state index contributed by atoms with van der Waals surface area (Å²) in [4.78, 5) is 16.8. The molecule has 0 amide bonds. The summed E-state index contributed by atoms with van der Waals surface area (Å²) in [5, 5.41) is 0. The fourth-order valence-electron chi connectivity index (χ4n) is 3.31. The second kappa shape index (κ2) is 10.3. The van der Waals surface area contributed by atoms with Gasteiger partial charge in [-0.05, 0) is 62.1 Å². The molecule has 0 unspecified atom stereocenters. The third-order valence-electron chi connectivity index (χ3n) is 4.90. The molecule has 2 aromatic carbocycles. The maximum atomic E-state index is 12.8. The fourth-order valence-corrected chi connectivity index (χ4v) is 5.00. The Kier molecular flexibility index (Phi) is 7.74. The molecule has 1 aromatic heterocycles. The van der Waals surface area contributed by atoms with Crippen LogP contribution in [0.15, 0.2) is 53.4 Å². The number of thioether (sulfide) groups is 1. The lowest BCUT2D eigenvalue weighted by Crippen LogP contribution is -2.42. The zero-order chi connectivity index (χ0) is 22.4. The van der Waals surface area contributed by atoms with Crippen molar-refractivity contribution in [2.45, 2.75) is 37.8 Å². The number of aromatic nitrogens is 2. The molecule has 1 atom stereocenters. The number of fused-ring (bicyclic) bond motifs is 1. The van der Waals surface area contributed by atoms with Gasteiger partial charge >= 0.3 is 5.97 Å². The summed E-state index contributed by atoms with van der Waals surface area (Å²) in [5.41, 5.74) is 2.91. The second-order valence-electron chi connectivity index (χ2n) is 7.09. The minimum absolute atomic E-state index is 0.113. The number of carbonyl (C=O) groups excluding carboxylic acids is 1. The van der Waals surface area contributed by atoms with Crippen LogP contribution in [0.25, 0.3) is 11.0 Å². The van der Waals surface area contributed by atoms with E-state index in [0.717, 1.165) is 22.4 Å². The number of rotatable bonds is 10. The maximum Gasteiger partial charge on any atom is 0.324 e. The van der Waals surface area contributed by atoms with Crippen molar-refractivity contribution in [2.24, 2.45) is 0 Å². The highest BCUT2D eigenvalue weighted by Gasteiger charge is 2.26. The molecule has 3 aromatic rings. The first-order chi connectivity index (χ1) is 14.9. The predicted octanol–water partition coefficient (Wildman–Crippen LogP) is 3.36. The number of nitrogens with zero attached hydrogens (tertiary/aromatic N) is 2. The van der Waals surface area contributed by atoms with Crippen LogP contribution in [0.4, 0.5) is 0 Å². The largest absolute Gasteiger partial charge is 0.465 e. The van der Waals surface area contributed by atoms with Gasteiger partial charge in [0.05, 0.1) is 22.5 Å². The molecule has 7 nitrogen and oxygen atoms in total. The van der Waals surface area contributed by atoms with Crippen LogP contribution >= 0.6 is 11.8 Å². The van der Waals surface area contributed by atoms with E-state index in [1.807, 2.05) is 37.4 Å². The molecule has 1 heterocycles. The summed E-state index contributed by atoms with van der Waals surface area (Å²) < 4.78 is 35.3. The first kappa shape index (κ1) is 23.3. The molecule has 0 aliphatic heterocycles. The van der Waals surface area contributed by atoms with Crippen LogP contribution in [-0.2, 0) is 26.1 Å². The lowest BCUT2D eigenvalue weighted by atomic mass is 10.2. The topological polar surface area (TPSA) is 90.3 Å². The Labute approximate surface area is 187 Å². The lowest BCUT2D eigenvalue weighted by molar-refractivity contribution is -0.145. The van der Waals surface area contributed by atoms with Gasteiger partial charge in [-0.25, -0.2) is 13.4 Å². The molecule has 0 bridgehead atoms. The number of hydrogen-bond donors (Lipinski definition) is 1. The van der Waals surface area contributed by atoms with E-state index >= 15 is 0 Å². The molecule has 0 saturated heterocycles. The quantitative estimate of drug-likeness (QED) is 0.466. The van der Waals surface area contributed by atoms with Crippen molar-refractivity contribution >= 4 is 38.8 Å². The van der Waals surface area contributed by atoms with Gasteiger partial charge in [-0.15, -0.1) is 0 Å². The van der Waals surface area contributed by atoms with E-state index in [-0.39, 0.29) is 11.5 Å². The number of para-hydroxylation sites is 2. The highest BCUT2D eigenvalue weighted by atomic mass is 32.2. The molecule has 0 fully saturated rings. The van der Waals surface area contributed by atoms with Gasteiger partial charge in [-0.2, -0.15) is 16.5 Å². The zero-order valence-electron chi connectivity index (χ0n) is 17.9. The second-order valence-corrected chi connectivity index (χ2v) is 9.78. The van der Waals surface area contributed by atoms with Crippen LogP contribution in [0.5, 0.6) is 0 Å². The first-order valence-electron chi connectivity index (χ1n) is 10.0. The Morgan fingerprint density at radius 3 is 2.58 bits per heavy atom. The fraction of sp³-hybridized carbons (Fsp3) is 0.364. The number of benzene rings is 2. The molecule has 0 aliphatic carbocycles. The molecule has 0 saturated carbocycles. The number of hydrogen-bond acceptors (Lipinski definition) is 6. The molecule has 0 spiro atoms. The number of ether oxygens (including phenoxy) is 1. The Morgan fingerprint density at radius 2 is 1.90 bits per heavy atom. The van der Waals surface area contributed by atoms with Crippen molar-refractivity contribution < 1.29 is 17.9 Å². The third-order valence-corrected chi connectivity index (χ3v) is 7.03. The number of esters is 1. The number of imidazole rings is 1. The van der Waals surface area contributed by atoms with Gasteiger partial charge in [0.2, 0.25) is 10.0 Å². The first-order valence-corrected chi connectivity index (χ1v) is 12.9. The summed E-state index contributed by atoms with van der Waals surface area (Å²) in [7, 11) is -3.85. The van der Waals surface area contributed by atoms with Crippen molar-refractivity contribution in [3.63, 3.8) is 0 Å². The Balaban J connectivity index is 1.77. The molecule has 0 aliphatic rings. The zero-order valence-corrected chi connectivity index (χ0v) is 19.5. The van der Waals surface area contributed by atoms with Gasteiger partial charge < -0.3 is 9.30 Å². The monoisotopic (exact) mass is 461 g/mol. The Bertz CT molecular complexity index is 1140. The van der Waals surface area contributed by atoms with E-state index in [0.29, 0.717) is 18.7 Å². The van der Waals surface area contributed by atoms with Crippen LogP contribution < -0.4 is 4.72 Å². The number of carbonyl (C=O) groups is 1. The van der Waals surface area contributed by atoms with E-state index in [9.17, 15) is 13.2 Å². The van der Waals surface area contributed by atoms with Crippen LogP contribution in [0, 0.1) is 6.92 Å². The van der Waals surface area contributed by atoms with Gasteiger partial charge in [-0.3, -0.25) is 4.79 Å². The smallest absolute Gasteiger partial charge is 0.324 e. The van der Waals surface area contributed by atoms with Crippen LogP contribution in [0.1, 0.15) is 24.7 Å². The van der Waals surface area contributed by atoms with Gasteiger partial charge in [-0.1, -0.05) is 24.3 Å². The predicted molar refractivity (Wildman–Crippen MR) is 124 cm³/mol. The van der Waals surface area contributed by atoms with Gasteiger partial charge in [0.15, 0.2) is 0 Å². The van der Waals surface area contributed by atoms with E-state index in [1.165, 1.54) is 0 Å². The molecule has 3 rings (SSSR count). The summed E-state index contributed by atoms with van der Waals surface area (Å²) >= 11 is 1.54. The SMILES string of the molecule is CCOC(=O)[C@H](CCSC)NS(=O)(=O)c1ccc(Cn2c(C)nc3ccccc32)cc1. The average molecular weight is 462 g/mol. The molecular formula is C22H27N3O4S2. The lowest BCUT2D eigenvalue weighted by Gasteiger charge is -2.17. The van der Waals surface area contributed by atoms with Crippen LogP contribution in [0.2, 0.25) is 0 Å². The van der Waals surface area contributed by atoms with Gasteiger partial charge in [0.25, 0.3) is 0 Å².